The Labute approximate surface area is 79.7 Å². The molecular weight excluding hydrogens is 166 g/mol. The van der Waals surface area contributed by atoms with E-state index in [4.69, 9.17) is 5.11 Å². The van der Waals surface area contributed by atoms with Gasteiger partial charge in [0.05, 0.1) is 12.1 Å². The minimum Gasteiger partial charge on any atom is -0.394 e. The van der Waals surface area contributed by atoms with Crippen LogP contribution in [0.4, 0.5) is 0 Å². The van der Waals surface area contributed by atoms with Gasteiger partial charge in [-0.3, -0.25) is 4.79 Å². The van der Waals surface area contributed by atoms with Gasteiger partial charge in [0, 0.05) is 13.0 Å². The molecule has 1 unspecified atom stereocenters. The fourth-order valence-electron chi connectivity index (χ4n) is 2.31. The van der Waals surface area contributed by atoms with E-state index in [0.717, 1.165) is 25.8 Å². The van der Waals surface area contributed by atoms with Gasteiger partial charge in [0.2, 0.25) is 5.91 Å². The van der Waals surface area contributed by atoms with Crippen LogP contribution in [-0.2, 0) is 4.79 Å². The van der Waals surface area contributed by atoms with Crippen LogP contribution in [0, 0.1) is 0 Å². The molecule has 0 radical (unpaired) electrons. The number of aliphatic hydroxyl groups excluding tert-OH is 1. The predicted octanol–water partition coefficient (Wildman–Crippen LogP) is 1.16. The third-order valence-corrected chi connectivity index (χ3v) is 3.00. The highest BCUT2D eigenvalue weighted by Gasteiger charge is 2.47. The summed E-state index contributed by atoms with van der Waals surface area (Å²) in [6.45, 7) is 5.01. The van der Waals surface area contributed by atoms with Crippen LogP contribution >= 0.6 is 0 Å². The number of carbonyl (C=O) groups is 1. The monoisotopic (exact) mass is 185 g/mol. The molecule has 76 valence electrons. The molecule has 0 spiro atoms. The van der Waals surface area contributed by atoms with Crippen molar-refractivity contribution in [1.82, 2.24) is 4.90 Å². The molecule has 2 aliphatic heterocycles. The summed E-state index contributed by atoms with van der Waals surface area (Å²) >= 11 is 0. The number of fused-ring (bicyclic) bond motifs is 1. The molecule has 0 aromatic rings. The standard InChI is InChI=1S/C8H13NO2.C2H6/c10-6-8-3-1-5-9(8)7(11)2-4-8;1-2/h10H,1-6H2;1-2H3. The molecule has 0 aromatic heterocycles. The smallest absolute Gasteiger partial charge is 0.223 e. The molecule has 2 heterocycles. The molecule has 1 amide bonds. The number of rotatable bonds is 1. The van der Waals surface area contributed by atoms with Crippen molar-refractivity contribution in [3.05, 3.63) is 0 Å². The molecule has 2 saturated heterocycles. The first-order valence-corrected chi connectivity index (χ1v) is 5.20. The van der Waals surface area contributed by atoms with E-state index in [0.29, 0.717) is 6.42 Å². The van der Waals surface area contributed by atoms with Crippen LogP contribution < -0.4 is 0 Å². The molecule has 0 saturated carbocycles. The van der Waals surface area contributed by atoms with Gasteiger partial charge in [-0.15, -0.1) is 0 Å². The number of hydrogen-bond donors (Lipinski definition) is 1. The average molecular weight is 185 g/mol. The highest BCUT2D eigenvalue weighted by Crippen LogP contribution is 2.38. The van der Waals surface area contributed by atoms with Crippen molar-refractivity contribution >= 4 is 5.91 Å². The second-order valence-corrected chi connectivity index (χ2v) is 3.53. The lowest BCUT2D eigenvalue weighted by Gasteiger charge is -2.29. The summed E-state index contributed by atoms with van der Waals surface area (Å²) in [4.78, 5) is 13.1. The highest BCUT2D eigenvalue weighted by atomic mass is 16.3. The van der Waals surface area contributed by atoms with Gasteiger partial charge in [-0.2, -0.15) is 0 Å². The summed E-state index contributed by atoms with van der Waals surface area (Å²) in [5.41, 5.74) is -0.142. The van der Waals surface area contributed by atoms with Crippen LogP contribution in [0.15, 0.2) is 0 Å². The predicted molar refractivity (Wildman–Crippen MR) is 51.3 cm³/mol. The first-order chi connectivity index (χ1) is 6.28. The van der Waals surface area contributed by atoms with Gasteiger partial charge in [-0.25, -0.2) is 0 Å². The van der Waals surface area contributed by atoms with E-state index in [2.05, 4.69) is 0 Å². The van der Waals surface area contributed by atoms with E-state index in [1.54, 1.807) is 0 Å². The molecule has 0 aliphatic carbocycles. The Bertz CT molecular complexity index is 193. The van der Waals surface area contributed by atoms with Gasteiger partial charge in [-0.05, 0) is 19.3 Å². The maximum Gasteiger partial charge on any atom is 0.223 e. The molecule has 3 heteroatoms. The number of aliphatic hydroxyl groups is 1. The normalized spacial score (nSPS) is 31.3. The number of nitrogens with zero attached hydrogens (tertiary/aromatic N) is 1. The molecule has 0 aromatic carbocycles. The number of hydrogen-bond acceptors (Lipinski definition) is 2. The SMILES string of the molecule is CC.O=C1CCC2(CO)CCCN12. The molecule has 2 rings (SSSR count). The van der Waals surface area contributed by atoms with Gasteiger partial charge in [0.1, 0.15) is 0 Å². The Balaban J connectivity index is 0.000000396. The van der Waals surface area contributed by atoms with Gasteiger partial charge in [0.15, 0.2) is 0 Å². The third kappa shape index (κ3) is 1.57. The third-order valence-electron chi connectivity index (χ3n) is 3.00. The van der Waals surface area contributed by atoms with Crippen molar-refractivity contribution in [2.45, 2.75) is 45.1 Å². The summed E-state index contributed by atoms with van der Waals surface area (Å²) in [5, 5.41) is 9.15. The molecule has 1 atom stereocenters. The average Bonchev–Trinajstić information content (AvgIpc) is 2.72. The van der Waals surface area contributed by atoms with Crippen LogP contribution in [0.25, 0.3) is 0 Å². The van der Waals surface area contributed by atoms with Crippen molar-refractivity contribution in [1.29, 1.82) is 0 Å². The van der Waals surface area contributed by atoms with Gasteiger partial charge in [-0.1, -0.05) is 13.8 Å². The second-order valence-electron chi connectivity index (χ2n) is 3.53. The zero-order valence-electron chi connectivity index (χ0n) is 8.55. The quantitative estimate of drug-likeness (QED) is 0.666. The van der Waals surface area contributed by atoms with Crippen molar-refractivity contribution in [2.24, 2.45) is 0 Å². The molecular formula is C10H19NO2. The lowest BCUT2D eigenvalue weighted by molar-refractivity contribution is -0.130. The molecule has 2 fully saturated rings. The van der Waals surface area contributed by atoms with Crippen LogP contribution in [0.2, 0.25) is 0 Å². The topological polar surface area (TPSA) is 40.5 Å². The van der Waals surface area contributed by atoms with E-state index in [1.807, 2.05) is 18.7 Å². The fourth-order valence-corrected chi connectivity index (χ4v) is 2.31. The van der Waals surface area contributed by atoms with Crippen molar-refractivity contribution in [3.63, 3.8) is 0 Å². The lowest BCUT2D eigenvalue weighted by atomic mass is 9.95. The van der Waals surface area contributed by atoms with Crippen LogP contribution in [0.3, 0.4) is 0 Å². The van der Waals surface area contributed by atoms with Crippen LogP contribution in [-0.4, -0.2) is 34.6 Å². The molecule has 3 nitrogen and oxygen atoms in total. The van der Waals surface area contributed by atoms with E-state index in [1.165, 1.54) is 0 Å². The molecule has 2 aliphatic rings. The summed E-state index contributed by atoms with van der Waals surface area (Å²) in [6.07, 6.45) is 3.56. The maximum absolute atomic E-state index is 11.2. The van der Waals surface area contributed by atoms with Gasteiger partial charge in [0.25, 0.3) is 0 Å². The summed E-state index contributed by atoms with van der Waals surface area (Å²) in [6, 6.07) is 0. The summed E-state index contributed by atoms with van der Waals surface area (Å²) in [5.74, 6) is 0.233. The number of carbonyl (C=O) groups excluding carboxylic acids is 1. The van der Waals surface area contributed by atoms with Gasteiger partial charge >= 0.3 is 0 Å². The van der Waals surface area contributed by atoms with E-state index >= 15 is 0 Å². The fraction of sp³-hybridized carbons (Fsp3) is 0.900. The van der Waals surface area contributed by atoms with Crippen molar-refractivity contribution in [2.75, 3.05) is 13.2 Å². The zero-order valence-corrected chi connectivity index (χ0v) is 8.55. The van der Waals surface area contributed by atoms with E-state index in [-0.39, 0.29) is 18.1 Å². The Morgan fingerprint density at radius 1 is 1.46 bits per heavy atom. The minimum absolute atomic E-state index is 0.142. The first-order valence-electron chi connectivity index (χ1n) is 5.20. The highest BCUT2D eigenvalue weighted by molar-refractivity contribution is 5.80. The van der Waals surface area contributed by atoms with Gasteiger partial charge < -0.3 is 10.0 Å². The number of amides is 1. The Morgan fingerprint density at radius 2 is 2.15 bits per heavy atom. The summed E-state index contributed by atoms with van der Waals surface area (Å²) in [7, 11) is 0. The molecule has 1 N–H and O–H groups in total. The second kappa shape index (κ2) is 4.09. The minimum atomic E-state index is -0.142. The van der Waals surface area contributed by atoms with Crippen molar-refractivity contribution in [3.8, 4) is 0 Å². The molecule has 0 bridgehead atoms. The largest absolute Gasteiger partial charge is 0.394 e. The van der Waals surface area contributed by atoms with E-state index < -0.39 is 0 Å². The zero-order chi connectivity index (χ0) is 9.90. The first kappa shape index (κ1) is 10.5. The van der Waals surface area contributed by atoms with E-state index in [9.17, 15) is 4.79 Å². The Morgan fingerprint density at radius 3 is 2.69 bits per heavy atom. The van der Waals surface area contributed by atoms with Crippen LogP contribution in [0.5, 0.6) is 0 Å². The van der Waals surface area contributed by atoms with Crippen molar-refractivity contribution < 1.29 is 9.90 Å². The maximum atomic E-state index is 11.2. The lowest BCUT2D eigenvalue weighted by Crippen LogP contribution is -2.43. The Kier molecular flexibility index (Phi) is 3.31. The molecule has 13 heavy (non-hydrogen) atoms. The van der Waals surface area contributed by atoms with Crippen LogP contribution in [0.1, 0.15) is 39.5 Å². The summed E-state index contributed by atoms with van der Waals surface area (Å²) < 4.78 is 0. The Hall–Kier alpha value is -0.570.